The van der Waals surface area contributed by atoms with Gasteiger partial charge in [0.05, 0.1) is 12.2 Å². The number of nitrogens with one attached hydrogen (secondary N) is 1. The lowest BCUT2D eigenvalue weighted by atomic mass is 9.98. The Morgan fingerprint density at radius 1 is 1.13 bits per heavy atom. The van der Waals surface area contributed by atoms with E-state index in [-0.39, 0.29) is 5.82 Å². The number of hydrogen-bond donors (Lipinski definition) is 1. The van der Waals surface area contributed by atoms with E-state index in [1.54, 1.807) is 39.1 Å². The van der Waals surface area contributed by atoms with Gasteiger partial charge in [-0.25, -0.2) is 14.2 Å². The van der Waals surface area contributed by atoms with Crippen LogP contribution in [-0.2, 0) is 17.8 Å². The summed E-state index contributed by atoms with van der Waals surface area (Å²) in [5.74, 6) is 0.0997. The van der Waals surface area contributed by atoms with Gasteiger partial charge in [0.2, 0.25) is 0 Å². The Kier molecular flexibility index (Phi) is 5.49. The van der Waals surface area contributed by atoms with E-state index in [0.717, 1.165) is 47.7 Å². The summed E-state index contributed by atoms with van der Waals surface area (Å²) in [5, 5.41) is 7.53. The molecule has 0 saturated carbocycles. The number of rotatable bonds is 3. The molecule has 0 spiro atoms. The lowest BCUT2D eigenvalue weighted by Crippen LogP contribution is -2.30. The van der Waals surface area contributed by atoms with Crippen LogP contribution >= 0.6 is 0 Å². The van der Waals surface area contributed by atoms with E-state index in [0.29, 0.717) is 5.82 Å². The van der Waals surface area contributed by atoms with Crippen LogP contribution in [0.5, 0.6) is 0 Å². The number of pyridine rings is 1. The molecule has 0 unspecified atom stereocenters. The molecule has 0 aliphatic carbocycles. The van der Waals surface area contributed by atoms with Crippen LogP contribution in [0, 0.1) is 5.82 Å². The number of hydrogen-bond acceptors (Lipinski definition) is 5. The Morgan fingerprint density at radius 3 is 2.58 bits per heavy atom. The van der Waals surface area contributed by atoms with E-state index in [1.807, 2.05) is 16.8 Å². The number of benzene rings is 1. The summed E-state index contributed by atoms with van der Waals surface area (Å²) >= 11 is 0. The van der Waals surface area contributed by atoms with Gasteiger partial charge in [-0.15, -0.1) is 0 Å². The second-order valence-corrected chi connectivity index (χ2v) is 8.69. The highest BCUT2D eigenvalue weighted by molar-refractivity contribution is 5.87. The minimum Gasteiger partial charge on any atom is -0.444 e. The van der Waals surface area contributed by atoms with Crippen LogP contribution in [0.3, 0.4) is 0 Å². The first-order valence-electron chi connectivity index (χ1n) is 10.2. The van der Waals surface area contributed by atoms with Gasteiger partial charge in [-0.3, -0.25) is 14.9 Å². The minimum absolute atomic E-state index is 0.290. The number of likely N-dealkylation sites (N-methyl/N-ethyl adjacent to an activating group) is 1. The van der Waals surface area contributed by atoms with Crippen molar-refractivity contribution in [2.24, 2.45) is 0 Å². The van der Waals surface area contributed by atoms with Crippen LogP contribution in [0.1, 0.15) is 26.5 Å². The highest BCUT2D eigenvalue weighted by atomic mass is 19.1. The van der Waals surface area contributed by atoms with Gasteiger partial charge in [0.15, 0.2) is 0 Å². The SMILES string of the molecule is CN1CCn2nc(-c3ccc(F)cc3)c(-c3ccnc(NC(=O)OC(C)(C)C)c3)c2C1. The van der Waals surface area contributed by atoms with Crippen molar-refractivity contribution in [3.05, 3.63) is 54.1 Å². The van der Waals surface area contributed by atoms with Crippen molar-refractivity contribution < 1.29 is 13.9 Å². The molecule has 31 heavy (non-hydrogen) atoms. The quantitative estimate of drug-likeness (QED) is 0.669. The lowest BCUT2D eigenvalue weighted by molar-refractivity contribution is 0.0635. The van der Waals surface area contributed by atoms with Crippen molar-refractivity contribution in [3.63, 3.8) is 0 Å². The fourth-order valence-corrected chi connectivity index (χ4v) is 3.62. The number of carbonyl (C=O) groups is 1. The van der Waals surface area contributed by atoms with Crippen LogP contribution in [0.4, 0.5) is 15.0 Å². The van der Waals surface area contributed by atoms with Crippen molar-refractivity contribution in [3.8, 4) is 22.4 Å². The first-order valence-corrected chi connectivity index (χ1v) is 10.2. The largest absolute Gasteiger partial charge is 0.444 e. The summed E-state index contributed by atoms with van der Waals surface area (Å²) in [6.07, 6.45) is 1.08. The maximum Gasteiger partial charge on any atom is 0.413 e. The fourth-order valence-electron chi connectivity index (χ4n) is 3.62. The maximum atomic E-state index is 13.5. The molecule has 162 valence electrons. The third kappa shape index (κ3) is 4.74. The average Bonchev–Trinajstić information content (AvgIpc) is 3.05. The van der Waals surface area contributed by atoms with E-state index in [4.69, 9.17) is 9.84 Å². The van der Waals surface area contributed by atoms with E-state index >= 15 is 0 Å². The average molecular weight is 423 g/mol. The zero-order valence-electron chi connectivity index (χ0n) is 18.1. The molecule has 4 rings (SSSR count). The van der Waals surface area contributed by atoms with Gasteiger partial charge in [-0.2, -0.15) is 5.10 Å². The summed E-state index contributed by atoms with van der Waals surface area (Å²) in [4.78, 5) is 18.7. The summed E-state index contributed by atoms with van der Waals surface area (Å²) in [5.41, 5.74) is 3.90. The number of anilines is 1. The first kappa shape index (κ1) is 21.0. The molecular formula is C23H26FN5O2. The molecule has 1 aliphatic rings. The molecule has 0 radical (unpaired) electrons. The van der Waals surface area contributed by atoms with Crippen molar-refractivity contribution >= 4 is 11.9 Å². The lowest BCUT2D eigenvalue weighted by Gasteiger charge is -2.24. The van der Waals surface area contributed by atoms with Gasteiger partial charge < -0.3 is 4.74 Å². The van der Waals surface area contributed by atoms with Gasteiger partial charge in [0, 0.05) is 30.4 Å². The second kappa shape index (κ2) is 8.11. The molecule has 1 amide bonds. The summed E-state index contributed by atoms with van der Waals surface area (Å²) in [6, 6.07) is 10.0. The summed E-state index contributed by atoms with van der Waals surface area (Å²) in [6.45, 7) is 7.83. The van der Waals surface area contributed by atoms with Gasteiger partial charge >= 0.3 is 6.09 Å². The number of ether oxygens (including phenoxy) is 1. The summed E-state index contributed by atoms with van der Waals surface area (Å²) in [7, 11) is 2.07. The number of carbonyl (C=O) groups excluding carboxylic acids is 1. The molecule has 2 aromatic heterocycles. The van der Waals surface area contributed by atoms with E-state index < -0.39 is 11.7 Å². The molecule has 0 bridgehead atoms. The first-order chi connectivity index (χ1) is 14.7. The van der Waals surface area contributed by atoms with Crippen LogP contribution in [0.15, 0.2) is 42.6 Å². The molecule has 3 heterocycles. The Bertz CT molecular complexity index is 1100. The van der Waals surface area contributed by atoms with E-state index in [2.05, 4.69) is 22.2 Å². The molecule has 3 aromatic rings. The van der Waals surface area contributed by atoms with Gasteiger partial charge in [-0.1, -0.05) is 0 Å². The smallest absolute Gasteiger partial charge is 0.413 e. The van der Waals surface area contributed by atoms with Gasteiger partial charge in [0.1, 0.15) is 22.9 Å². The molecule has 1 aliphatic heterocycles. The van der Waals surface area contributed by atoms with Crippen molar-refractivity contribution in [2.45, 2.75) is 39.5 Å². The third-order valence-corrected chi connectivity index (χ3v) is 4.97. The standard InChI is InChI=1S/C23H26FN5O2/c1-23(2,3)31-22(30)26-19-13-16(9-10-25-19)20-18-14-28(4)11-12-29(18)27-21(20)15-5-7-17(24)8-6-15/h5-10,13H,11-12,14H2,1-4H3,(H,25,26,30). The van der Waals surface area contributed by atoms with Gasteiger partial charge in [-0.05, 0) is 69.8 Å². The highest BCUT2D eigenvalue weighted by Gasteiger charge is 2.25. The summed E-state index contributed by atoms with van der Waals surface area (Å²) < 4.78 is 20.8. The van der Waals surface area contributed by atoms with Crippen molar-refractivity contribution in [2.75, 3.05) is 18.9 Å². The molecule has 1 N–H and O–H groups in total. The second-order valence-electron chi connectivity index (χ2n) is 8.69. The number of aromatic nitrogens is 3. The molecular weight excluding hydrogens is 397 g/mol. The molecule has 0 fully saturated rings. The van der Waals surface area contributed by atoms with Crippen LogP contribution in [0.2, 0.25) is 0 Å². The molecule has 0 atom stereocenters. The highest BCUT2D eigenvalue weighted by Crippen LogP contribution is 2.37. The third-order valence-electron chi connectivity index (χ3n) is 4.97. The Hall–Kier alpha value is -3.26. The van der Waals surface area contributed by atoms with E-state index in [9.17, 15) is 9.18 Å². The van der Waals surface area contributed by atoms with Crippen LogP contribution in [0.25, 0.3) is 22.4 Å². The van der Waals surface area contributed by atoms with Gasteiger partial charge in [0.25, 0.3) is 0 Å². The Labute approximate surface area is 180 Å². The predicted octanol–water partition coefficient (Wildman–Crippen LogP) is 4.54. The number of nitrogens with zero attached hydrogens (tertiary/aromatic N) is 4. The van der Waals surface area contributed by atoms with E-state index in [1.165, 1.54) is 12.1 Å². The van der Waals surface area contributed by atoms with Crippen molar-refractivity contribution in [1.82, 2.24) is 19.7 Å². The fraction of sp³-hybridized carbons (Fsp3) is 0.348. The number of fused-ring (bicyclic) bond motifs is 1. The zero-order valence-corrected chi connectivity index (χ0v) is 18.1. The molecule has 8 heteroatoms. The van der Waals surface area contributed by atoms with Crippen molar-refractivity contribution in [1.29, 1.82) is 0 Å². The molecule has 0 saturated heterocycles. The number of amides is 1. The minimum atomic E-state index is -0.604. The number of halogens is 1. The maximum absolute atomic E-state index is 13.5. The van der Waals surface area contributed by atoms with Crippen LogP contribution in [-0.4, -0.2) is 45.0 Å². The normalized spacial score (nSPS) is 14.2. The topological polar surface area (TPSA) is 72.3 Å². The Balaban J connectivity index is 1.76. The predicted molar refractivity (Wildman–Crippen MR) is 117 cm³/mol. The Morgan fingerprint density at radius 2 is 1.87 bits per heavy atom. The zero-order chi connectivity index (χ0) is 22.2. The monoisotopic (exact) mass is 423 g/mol. The molecule has 7 nitrogen and oxygen atoms in total. The molecule has 1 aromatic carbocycles. The van der Waals surface area contributed by atoms with Crippen LogP contribution < -0.4 is 5.32 Å².